The molecule has 2 heterocycles. The molecule has 3 heteroatoms. The van der Waals surface area contributed by atoms with E-state index in [0.29, 0.717) is 5.60 Å². The Morgan fingerprint density at radius 2 is 1.71 bits per heavy atom. The Morgan fingerprint density at radius 3 is 2.18 bits per heavy atom. The van der Waals surface area contributed by atoms with Gasteiger partial charge in [-0.1, -0.05) is 0 Å². The van der Waals surface area contributed by atoms with Crippen LogP contribution < -0.4 is 5.32 Å². The van der Waals surface area contributed by atoms with E-state index >= 15 is 0 Å². The number of hydrogen-bond donors (Lipinski definition) is 1. The van der Waals surface area contributed by atoms with Gasteiger partial charge in [0.2, 0.25) is 0 Å². The van der Waals surface area contributed by atoms with Gasteiger partial charge in [0.05, 0.1) is 12.2 Å². The van der Waals surface area contributed by atoms with E-state index in [9.17, 15) is 0 Å². The normalized spacial score (nSPS) is 37.9. The Kier molecular flexibility index (Phi) is 3.42. The van der Waals surface area contributed by atoms with Gasteiger partial charge in [0.25, 0.3) is 0 Å². The molecule has 3 nitrogen and oxygen atoms in total. The average Bonchev–Trinajstić information content (AvgIpc) is 2.37. The third kappa shape index (κ3) is 2.38. The van der Waals surface area contributed by atoms with Crippen molar-refractivity contribution in [1.82, 2.24) is 10.2 Å². The molecule has 1 saturated carbocycles. The van der Waals surface area contributed by atoms with Crippen LogP contribution in [0.4, 0.5) is 0 Å². The number of ether oxygens (including phenoxy) is 1. The van der Waals surface area contributed by atoms with Gasteiger partial charge in [-0.2, -0.15) is 0 Å². The molecule has 0 amide bonds. The summed E-state index contributed by atoms with van der Waals surface area (Å²) in [7, 11) is 2.10. The standard InChI is InChI=1S/C14H26N2O/c1-15-12-2-4-13(5-3-12)16-9-6-14(7-10-16)8-11-17-14/h12-13,15H,2-11H2,1H3. The van der Waals surface area contributed by atoms with Crippen LogP contribution >= 0.6 is 0 Å². The summed E-state index contributed by atoms with van der Waals surface area (Å²) < 4.78 is 5.79. The monoisotopic (exact) mass is 238 g/mol. The smallest absolute Gasteiger partial charge is 0.0728 e. The van der Waals surface area contributed by atoms with Gasteiger partial charge in [-0.15, -0.1) is 0 Å². The lowest BCUT2D eigenvalue weighted by molar-refractivity contribution is -0.176. The second-order valence-electron chi connectivity index (χ2n) is 6.11. The molecule has 3 fully saturated rings. The van der Waals surface area contributed by atoms with Crippen molar-refractivity contribution in [1.29, 1.82) is 0 Å². The lowest BCUT2D eigenvalue weighted by Crippen LogP contribution is -2.55. The molecule has 2 saturated heterocycles. The number of rotatable bonds is 2. The van der Waals surface area contributed by atoms with Crippen LogP contribution in [0.1, 0.15) is 44.9 Å². The van der Waals surface area contributed by atoms with E-state index in [1.54, 1.807) is 0 Å². The van der Waals surface area contributed by atoms with E-state index in [4.69, 9.17) is 4.74 Å². The van der Waals surface area contributed by atoms with Crippen molar-refractivity contribution in [2.24, 2.45) is 0 Å². The number of likely N-dealkylation sites (tertiary alicyclic amines) is 1. The third-order valence-electron chi connectivity index (χ3n) is 5.30. The molecule has 0 bridgehead atoms. The zero-order valence-corrected chi connectivity index (χ0v) is 11.1. The zero-order chi connectivity index (χ0) is 11.7. The molecule has 3 aliphatic rings. The second kappa shape index (κ2) is 4.87. The Morgan fingerprint density at radius 1 is 1.06 bits per heavy atom. The van der Waals surface area contributed by atoms with Gasteiger partial charge in [0.15, 0.2) is 0 Å². The van der Waals surface area contributed by atoms with E-state index in [2.05, 4.69) is 17.3 Å². The lowest BCUT2D eigenvalue weighted by Gasteiger charge is -2.50. The Bertz CT molecular complexity index is 247. The fourth-order valence-corrected chi connectivity index (χ4v) is 3.81. The molecular formula is C14H26N2O. The van der Waals surface area contributed by atoms with Crippen LogP contribution in [-0.2, 0) is 4.74 Å². The van der Waals surface area contributed by atoms with Crippen molar-refractivity contribution in [2.75, 3.05) is 26.7 Å². The average molecular weight is 238 g/mol. The predicted octanol–water partition coefficient (Wildman–Crippen LogP) is 1.77. The van der Waals surface area contributed by atoms with Crippen molar-refractivity contribution in [3.8, 4) is 0 Å². The maximum absolute atomic E-state index is 5.79. The van der Waals surface area contributed by atoms with Gasteiger partial charge in [-0.25, -0.2) is 0 Å². The molecule has 1 N–H and O–H groups in total. The predicted molar refractivity (Wildman–Crippen MR) is 69.2 cm³/mol. The minimum atomic E-state index is 0.318. The van der Waals surface area contributed by atoms with Gasteiger partial charge in [-0.05, 0) is 52.0 Å². The van der Waals surface area contributed by atoms with E-state index in [1.807, 2.05) is 0 Å². The molecule has 0 atom stereocenters. The Balaban J connectivity index is 1.47. The summed E-state index contributed by atoms with van der Waals surface area (Å²) in [6.07, 6.45) is 9.36. The highest BCUT2D eigenvalue weighted by molar-refractivity contribution is 4.95. The molecule has 0 radical (unpaired) electrons. The lowest BCUT2D eigenvalue weighted by atomic mass is 9.82. The van der Waals surface area contributed by atoms with Crippen molar-refractivity contribution >= 4 is 0 Å². The van der Waals surface area contributed by atoms with E-state index < -0.39 is 0 Å². The highest BCUT2D eigenvalue weighted by atomic mass is 16.5. The zero-order valence-electron chi connectivity index (χ0n) is 11.1. The molecule has 1 spiro atoms. The van der Waals surface area contributed by atoms with Crippen LogP contribution in [0.3, 0.4) is 0 Å². The summed E-state index contributed by atoms with van der Waals surface area (Å²) in [5.74, 6) is 0. The third-order valence-corrected chi connectivity index (χ3v) is 5.30. The SMILES string of the molecule is CNC1CCC(N2CCC3(CCO3)CC2)CC1. The fraction of sp³-hybridized carbons (Fsp3) is 1.00. The van der Waals surface area contributed by atoms with Crippen molar-refractivity contribution in [3.05, 3.63) is 0 Å². The molecule has 0 unspecified atom stereocenters. The number of nitrogens with one attached hydrogen (secondary N) is 1. The topological polar surface area (TPSA) is 24.5 Å². The van der Waals surface area contributed by atoms with Gasteiger partial charge >= 0.3 is 0 Å². The minimum absolute atomic E-state index is 0.318. The molecule has 98 valence electrons. The highest BCUT2D eigenvalue weighted by Crippen LogP contribution is 2.38. The van der Waals surface area contributed by atoms with Crippen molar-refractivity contribution in [3.63, 3.8) is 0 Å². The summed E-state index contributed by atoms with van der Waals surface area (Å²) in [4.78, 5) is 2.73. The van der Waals surface area contributed by atoms with Gasteiger partial charge in [0, 0.05) is 25.2 Å². The Labute approximate surface area is 105 Å². The minimum Gasteiger partial charge on any atom is -0.375 e. The summed E-state index contributed by atoms with van der Waals surface area (Å²) >= 11 is 0. The quantitative estimate of drug-likeness (QED) is 0.793. The molecule has 0 aromatic rings. The second-order valence-corrected chi connectivity index (χ2v) is 6.11. The van der Waals surface area contributed by atoms with Crippen LogP contribution in [0.2, 0.25) is 0 Å². The van der Waals surface area contributed by atoms with Crippen LogP contribution in [0, 0.1) is 0 Å². The van der Waals surface area contributed by atoms with Crippen molar-refractivity contribution < 1.29 is 4.74 Å². The summed E-state index contributed by atoms with van der Waals surface area (Å²) in [6, 6.07) is 1.63. The molecule has 1 aliphatic carbocycles. The number of piperidine rings is 1. The summed E-state index contributed by atoms with van der Waals surface area (Å²) in [5.41, 5.74) is 0.318. The fourth-order valence-electron chi connectivity index (χ4n) is 3.81. The van der Waals surface area contributed by atoms with Crippen LogP contribution in [0.5, 0.6) is 0 Å². The molecule has 0 aromatic carbocycles. The number of nitrogens with zero attached hydrogens (tertiary/aromatic N) is 1. The summed E-state index contributed by atoms with van der Waals surface area (Å²) in [5, 5.41) is 3.42. The van der Waals surface area contributed by atoms with Crippen LogP contribution in [-0.4, -0.2) is 49.3 Å². The molecule has 17 heavy (non-hydrogen) atoms. The van der Waals surface area contributed by atoms with Gasteiger partial charge in [-0.3, -0.25) is 0 Å². The Hall–Kier alpha value is -0.120. The first-order valence-electron chi connectivity index (χ1n) is 7.37. The van der Waals surface area contributed by atoms with Crippen LogP contribution in [0.15, 0.2) is 0 Å². The molecule has 0 aromatic heterocycles. The molecule has 3 rings (SSSR count). The maximum Gasteiger partial charge on any atom is 0.0728 e. The van der Waals surface area contributed by atoms with Crippen molar-refractivity contribution in [2.45, 2.75) is 62.6 Å². The molecule has 2 aliphatic heterocycles. The first kappa shape index (κ1) is 11.9. The van der Waals surface area contributed by atoms with E-state index in [-0.39, 0.29) is 0 Å². The highest BCUT2D eigenvalue weighted by Gasteiger charge is 2.42. The largest absolute Gasteiger partial charge is 0.375 e. The van der Waals surface area contributed by atoms with Crippen LogP contribution in [0.25, 0.3) is 0 Å². The molecular weight excluding hydrogens is 212 g/mol. The van der Waals surface area contributed by atoms with E-state index in [0.717, 1.165) is 18.7 Å². The number of hydrogen-bond acceptors (Lipinski definition) is 3. The maximum atomic E-state index is 5.79. The van der Waals surface area contributed by atoms with E-state index in [1.165, 1.54) is 58.0 Å². The first-order chi connectivity index (χ1) is 8.31. The first-order valence-corrected chi connectivity index (χ1v) is 7.37. The summed E-state index contributed by atoms with van der Waals surface area (Å²) in [6.45, 7) is 3.55. The van der Waals surface area contributed by atoms with Gasteiger partial charge in [0.1, 0.15) is 0 Å². The van der Waals surface area contributed by atoms with Gasteiger partial charge < -0.3 is 15.0 Å².